The van der Waals surface area contributed by atoms with Crippen molar-refractivity contribution in [3.05, 3.63) is 68.2 Å². The van der Waals surface area contributed by atoms with E-state index < -0.39 is 0 Å². The molecule has 2 aromatic heterocycles. The number of pyridine rings is 2. The zero-order valence-corrected chi connectivity index (χ0v) is 14.0. The second-order valence-electron chi connectivity index (χ2n) is 5.69. The molecular weight excluding hydrogens is 315 g/mol. The highest BCUT2D eigenvalue weighted by Gasteiger charge is 2.10. The van der Waals surface area contributed by atoms with Gasteiger partial charge in [0.25, 0.3) is 0 Å². The van der Waals surface area contributed by atoms with Crippen molar-refractivity contribution in [1.82, 2.24) is 9.97 Å². The quantitative estimate of drug-likeness (QED) is 0.605. The van der Waals surface area contributed by atoms with Crippen LogP contribution in [0.1, 0.15) is 36.4 Å². The van der Waals surface area contributed by atoms with Gasteiger partial charge in [0.05, 0.1) is 11.4 Å². The van der Waals surface area contributed by atoms with E-state index >= 15 is 0 Å². The highest BCUT2D eigenvalue weighted by molar-refractivity contribution is 6.29. The van der Waals surface area contributed by atoms with Crippen LogP contribution in [0.2, 0.25) is 10.3 Å². The topological polar surface area (TPSA) is 25.8 Å². The van der Waals surface area contributed by atoms with E-state index in [1.54, 1.807) is 0 Å². The van der Waals surface area contributed by atoms with Gasteiger partial charge in [0.15, 0.2) is 0 Å². The van der Waals surface area contributed by atoms with Crippen LogP contribution in [0.3, 0.4) is 0 Å². The Kier molecular flexibility index (Phi) is 4.32. The Balaban J connectivity index is 0.000000131. The third-order valence-corrected chi connectivity index (χ3v) is 4.08. The molecule has 0 aliphatic heterocycles. The fraction of sp³-hybridized carbons (Fsp3) is 0.222. The second-order valence-corrected chi connectivity index (χ2v) is 6.47. The molecule has 0 amide bonds. The van der Waals surface area contributed by atoms with Gasteiger partial charge in [-0.2, -0.15) is 0 Å². The molecule has 4 heteroatoms. The molecule has 0 saturated heterocycles. The first-order valence-electron chi connectivity index (χ1n) is 7.16. The summed E-state index contributed by atoms with van der Waals surface area (Å²) in [6, 6.07) is 7.76. The van der Waals surface area contributed by atoms with E-state index in [4.69, 9.17) is 23.2 Å². The van der Waals surface area contributed by atoms with E-state index in [9.17, 15) is 0 Å². The van der Waals surface area contributed by atoms with Crippen molar-refractivity contribution in [2.45, 2.75) is 26.7 Å². The maximum absolute atomic E-state index is 5.73. The molecule has 0 bridgehead atoms. The van der Waals surface area contributed by atoms with Gasteiger partial charge in [-0.25, -0.2) is 9.97 Å². The van der Waals surface area contributed by atoms with Gasteiger partial charge in [-0.15, -0.1) is 0 Å². The number of aromatic nitrogens is 2. The predicted octanol–water partition coefficient (Wildman–Crippen LogP) is 5.39. The van der Waals surface area contributed by atoms with Crippen molar-refractivity contribution in [1.29, 1.82) is 0 Å². The highest BCUT2D eigenvalue weighted by atomic mass is 35.5. The van der Waals surface area contributed by atoms with E-state index in [1.165, 1.54) is 22.3 Å². The van der Waals surface area contributed by atoms with Crippen molar-refractivity contribution in [3.8, 4) is 0 Å². The largest absolute Gasteiger partial charge is 0.236 e. The van der Waals surface area contributed by atoms with E-state index in [-0.39, 0.29) is 0 Å². The summed E-state index contributed by atoms with van der Waals surface area (Å²) in [7, 11) is 0. The molecule has 2 nitrogen and oxygen atoms in total. The maximum Gasteiger partial charge on any atom is 0.129 e. The lowest BCUT2D eigenvalue weighted by Crippen LogP contribution is -1.85. The number of rotatable bonds is 0. The molecule has 0 radical (unpaired) electrons. The fourth-order valence-corrected chi connectivity index (χ4v) is 2.98. The SMILES string of the molecule is CC1=Cc2nc(Cl)ccc2C1.CC1=Cc2nc(Cl)ccc2C1. The standard InChI is InChI=1S/2C9H8ClN/c2*1-6-4-7-2-3-9(10)11-8(7)5-6/h2*2-3,5H,4H2,1H3. The van der Waals surface area contributed by atoms with Gasteiger partial charge in [-0.3, -0.25) is 0 Å². The van der Waals surface area contributed by atoms with Gasteiger partial charge in [0.1, 0.15) is 10.3 Å². The third kappa shape index (κ3) is 3.40. The van der Waals surface area contributed by atoms with E-state index in [2.05, 4.69) is 36.0 Å². The lowest BCUT2D eigenvalue weighted by molar-refractivity contribution is 1.16. The molecule has 2 aromatic rings. The Bertz CT molecular complexity index is 724. The fourth-order valence-electron chi connectivity index (χ4n) is 2.68. The first-order chi connectivity index (χ1) is 10.5. The number of nitrogens with zero attached hydrogens (tertiary/aromatic N) is 2. The number of hydrogen-bond donors (Lipinski definition) is 0. The van der Waals surface area contributed by atoms with Crippen molar-refractivity contribution < 1.29 is 0 Å². The Hall–Kier alpha value is -1.64. The molecule has 2 aliphatic rings. The van der Waals surface area contributed by atoms with Gasteiger partial charge >= 0.3 is 0 Å². The molecule has 2 heterocycles. The van der Waals surface area contributed by atoms with Crippen molar-refractivity contribution in [3.63, 3.8) is 0 Å². The van der Waals surface area contributed by atoms with Gasteiger partial charge in [0.2, 0.25) is 0 Å². The van der Waals surface area contributed by atoms with Gasteiger partial charge in [-0.1, -0.05) is 46.5 Å². The lowest BCUT2D eigenvalue weighted by atomic mass is 10.2. The van der Waals surface area contributed by atoms with Crippen LogP contribution >= 0.6 is 23.2 Å². The van der Waals surface area contributed by atoms with Crippen molar-refractivity contribution >= 4 is 35.4 Å². The van der Waals surface area contributed by atoms with Crippen LogP contribution in [0.5, 0.6) is 0 Å². The van der Waals surface area contributed by atoms with Gasteiger partial charge in [0, 0.05) is 0 Å². The average Bonchev–Trinajstić information content (AvgIpc) is 2.99. The number of fused-ring (bicyclic) bond motifs is 2. The number of allylic oxidation sites excluding steroid dienone is 2. The summed E-state index contributed by atoms with van der Waals surface area (Å²) in [6.45, 7) is 4.21. The molecule has 0 saturated carbocycles. The molecule has 112 valence electrons. The first-order valence-corrected chi connectivity index (χ1v) is 7.92. The minimum absolute atomic E-state index is 0.578. The normalized spacial score (nSPS) is 14.5. The first kappa shape index (κ1) is 15.3. The molecular formula is C18H16Cl2N2. The summed E-state index contributed by atoms with van der Waals surface area (Å²) in [5, 5.41) is 1.16. The second kappa shape index (κ2) is 6.23. The van der Waals surface area contributed by atoms with Crippen LogP contribution in [0.15, 0.2) is 35.4 Å². The molecule has 22 heavy (non-hydrogen) atoms. The summed E-state index contributed by atoms with van der Waals surface area (Å²) < 4.78 is 0. The Morgan fingerprint density at radius 3 is 1.55 bits per heavy atom. The van der Waals surface area contributed by atoms with Gasteiger partial charge in [-0.05, 0) is 62.1 Å². The molecule has 2 aliphatic carbocycles. The van der Waals surface area contributed by atoms with Gasteiger partial charge < -0.3 is 0 Å². The summed E-state index contributed by atoms with van der Waals surface area (Å²) in [5.74, 6) is 0. The smallest absolute Gasteiger partial charge is 0.129 e. The third-order valence-electron chi connectivity index (χ3n) is 3.66. The monoisotopic (exact) mass is 330 g/mol. The zero-order chi connectivity index (χ0) is 15.7. The maximum atomic E-state index is 5.73. The molecule has 0 aromatic carbocycles. The van der Waals surface area contributed by atoms with Crippen molar-refractivity contribution in [2.24, 2.45) is 0 Å². The summed E-state index contributed by atoms with van der Waals surface area (Å²) >= 11 is 11.5. The van der Waals surface area contributed by atoms with Crippen LogP contribution in [-0.2, 0) is 12.8 Å². The Morgan fingerprint density at radius 1 is 0.727 bits per heavy atom. The lowest BCUT2D eigenvalue weighted by Gasteiger charge is -1.95. The molecule has 0 atom stereocenters. The predicted molar refractivity (Wildman–Crippen MR) is 93.2 cm³/mol. The molecule has 4 rings (SSSR count). The van der Waals surface area contributed by atoms with Crippen LogP contribution in [0, 0.1) is 0 Å². The van der Waals surface area contributed by atoms with E-state index in [0.717, 1.165) is 24.2 Å². The minimum atomic E-state index is 0.578. The van der Waals surface area contributed by atoms with Crippen LogP contribution in [0.25, 0.3) is 12.2 Å². The van der Waals surface area contributed by atoms with E-state index in [0.29, 0.717) is 10.3 Å². The molecule has 0 spiro atoms. The van der Waals surface area contributed by atoms with Crippen LogP contribution in [-0.4, -0.2) is 9.97 Å². The summed E-state index contributed by atoms with van der Waals surface area (Å²) in [6.07, 6.45) is 6.22. The van der Waals surface area contributed by atoms with Crippen LogP contribution in [0.4, 0.5) is 0 Å². The minimum Gasteiger partial charge on any atom is -0.236 e. The molecule has 0 N–H and O–H groups in total. The summed E-state index contributed by atoms with van der Waals surface area (Å²) in [4.78, 5) is 8.39. The zero-order valence-electron chi connectivity index (χ0n) is 12.5. The Morgan fingerprint density at radius 2 is 1.14 bits per heavy atom. The van der Waals surface area contributed by atoms with Crippen LogP contribution < -0.4 is 0 Å². The molecule has 0 unspecified atom stereocenters. The van der Waals surface area contributed by atoms with Crippen molar-refractivity contribution in [2.75, 3.05) is 0 Å². The summed E-state index contributed by atoms with van der Waals surface area (Å²) in [5.41, 5.74) is 7.35. The molecule has 0 fully saturated rings. The number of halogens is 2. The highest BCUT2D eigenvalue weighted by Crippen LogP contribution is 2.24. The van der Waals surface area contributed by atoms with E-state index in [1.807, 2.05) is 24.3 Å². The Labute approximate surface area is 140 Å². The average molecular weight is 331 g/mol. The number of hydrogen-bond acceptors (Lipinski definition) is 2.